The van der Waals surface area contributed by atoms with Crippen LogP contribution >= 0.6 is 11.8 Å². The number of benzene rings is 1. The second-order valence-electron chi connectivity index (χ2n) is 4.51. The first kappa shape index (κ1) is 13.7. The van der Waals surface area contributed by atoms with Crippen molar-refractivity contribution in [3.05, 3.63) is 35.4 Å². The predicted octanol–water partition coefficient (Wildman–Crippen LogP) is 1.26. The average molecular weight is 279 g/mol. The molecule has 5 nitrogen and oxygen atoms in total. The van der Waals surface area contributed by atoms with Gasteiger partial charge in [0.1, 0.15) is 0 Å². The van der Waals surface area contributed by atoms with E-state index in [-0.39, 0.29) is 11.7 Å². The Kier molecular flexibility index (Phi) is 4.68. The number of nitrogens with zero attached hydrogens (tertiary/aromatic N) is 1. The number of oxime groups is 1. The summed E-state index contributed by atoms with van der Waals surface area (Å²) >= 11 is 1.93. The Morgan fingerprint density at radius 3 is 3.00 bits per heavy atom. The summed E-state index contributed by atoms with van der Waals surface area (Å²) < 4.78 is 0. The van der Waals surface area contributed by atoms with Gasteiger partial charge in [-0.2, -0.15) is 11.8 Å². The van der Waals surface area contributed by atoms with E-state index < -0.39 is 0 Å². The maximum absolute atomic E-state index is 12.0. The fraction of sp³-hybridized carbons (Fsp3) is 0.385. The third-order valence-electron chi connectivity index (χ3n) is 3.10. The smallest absolute Gasteiger partial charge is 0.251 e. The number of hydrogen-bond acceptors (Lipinski definition) is 4. The van der Waals surface area contributed by atoms with Crippen molar-refractivity contribution in [2.75, 3.05) is 18.1 Å². The van der Waals surface area contributed by atoms with Gasteiger partial charge in [-0.1, -0.05) is 17.3 Å². The molecule has 19 heavy (non-hydrogen) atoms. The summed E-state index contributed by atoms with van der Waals surface area (Å²) in [5.74, 6) is 2.75. The van der Waals surface area contributed by atoms with Gasteiger partial charge >= 0.3 is 0 Å². The van der Waals surface area contributed by atoms with E-state index in [2.05, 4.69) is 10.5 Å². The number of nitrogens with two attached hydrogens (primary N) is 1. The van der Waals surface area contributed by atoms with Gasteiger partial charge in [0.2, 0.25) is 0 Å². The highest BCUT2D eigenvalue weighted by atomic mass is 32.2. The van der Waals surface area contributed by atoms with E-state index in [0.29, 0.717) is 23.6 Å². The van der Waals surface area contributed by atoms with Crippen LogP contribution in [-0.4, -0.2) is 35.0 Å². The highest BCUT2D eigenvalue weighted by Crippen LogP contribution is 2.22. The zero-order valence-corrected chi connectivity index (χ0v) is 11.3. The molecule has 1 aliphatic heterocycles. The highest BCUT2D eigenvalue weighted by molar-refractivity contribution is 7.99. The van der Waals surface area contributed by atoms with Crippen LogP contribution in [0, 0.1) is 5.92 Å². The van der Waals surface area contributed by atoms with Crippen molar-refractivity contribution in [3.8, 4) is 0 Å². The summed E-state index contributed by atoms with van der Waals surface area (Å²) in [6, 6.07) is 6.74. The molecular weight excluding hydrogens is 262 g/mol. The number of carbonyl (C=O) groups is 1. The Hall–Kier alpha value is -1.69. The van der Waals surface area contributed by atoms with Gasteiger partial charge in [0.15, 0.2) is 5.84 Å². The lowest BCUT2D eigenvalue weighted by Gasteiger charge is -2.10. The highest BCUT2D eigenvalue weighted by Gasteiger charge is 2.16. The van der Waals surface area contributed by atoms with Crippen molar-refractivity contribution in [3.63, 3.8) is 0 Å². The third kappa shape index (κ3) is 3.64. The van der Waals surface area contributed by atoms with Crippen molar-refractivity contribution in [2.45, 2.75) is 6.42 Å². The zero-order chi connectivity index (χ0) is 13.7. The molecule has 6 heteroatoms. The Morgan fingerprint density at radius 1 is 1.53 bits per heavy atom. The lowest BCUT2D eigenvalue weighted by Crippen LogP contribution is -2.29. The standard InChI is InChI=1S/C13H17N3O2S/c14-12(16-18)10-2-1-3-11(6-10)13(17)15-7-9-4-5-19-8-9/h1-3,6,9,18H,4-5,7-8H2,(H2,14,16)(H,15,17). The number of nitrogens with one attached hydrogen (secondary N) is 1. The molecule has 1 fully saturated rings. The maximum atomic E-state index is 12.0. The molecule has 0 saturated carbocycles. The van der Waals surface area contributed by atoms with Crippen molar-refractivity contribution < 1.29 is 10.0 Å². The molecule has 2 rings (SSSR count). The normalized spacial score (nSPS) is 19.4. The van der Waals surface area contributed by atoms with Gasteiger partial charge in [-0.3, -0.25) is 4.79 Å². The minimum atomic E-state index is -0.121. The van der Waals surface area contributed by atoms with E-state index in [9.17, 15) is 4.79 Å². The topological polar surface area (TPSA) is 87.7 Å². The van der Waals surface area contributed by atoms with Crippen molar-refractivity contribution in [1.29, 1.82) is 0 Å². The Labute approximate surface area is 116 Å². The molecule has 1 atom stereocenters. The Balaban J connectivity index is 1.98. The molecule has 1 amide bonds. The van der Waals surface area contributed by atoms with Crippen molar-refractivity contribution in [1.82, 2.24) is 5.32 Å². The SMILES string of the molecule is N/C(=N/O)c1cccc(C(=O)NCC2CCSC2)c1. The number of thioether (sulfide) groups is 1. The molecule has 0 bridgehead atoms. The Morgan fingerprint density at radius 2 is 2.32 bits per heavy atom. The first-order valence-corrected chi connectivity index (χ1v) is 7.30. The van der Waals surface area contributed by atoms with Crippen LogP contribution in [0.4, 0.5) is 0 Å². The van der Waals surface area contributed by atoms with Crippen LogP contribution < -0.4 is 11.1 Å². The number of carbonyl (C=O) groups excluding carboxylic acids is 1. The van der Waals surface area contributed by atoms with Crippen LogP contribution in [0.15, 0.2) is 29.4 Å². The maximum Gasteiger partial charge on any atom is 0.251 e. The fourth-order valence-electron chi connectivity index (χ4n) is 1.96. The second-order valence-corrected chi connectivity index (χ2v) is 5.66. The molecule has 1 aromatic carbocycles. The van der Waals surface area contributed by atoms with Crippen LogP contribution in [0.25, 0.3) is 0 Å². The first-order valence-electron chi connectivity index (χ1n) is 6.14. The van der Waals surface area contributed by atoms with Crippen molar-refractivity contribution in [2.24, 2.45) is 16.8 Å². The third-order valence-corrected chi connectivity index (χ3v) is 4.34. The molecule has 0 radical (unpaired) electrons. The summed E-state index contributed by atoms with van der Waals surface area (Å²) in [6.45, 7) is 0.708. The van der Waals surface area contributed by atoms with E-state index in [4.69, 9.17) is 10.9 Å². The Bertz CT molecular complexity index is 485. The lowest BCUT2D eigenvalue weighted by atomic mass is 10.1. The predicted molar refractivity (Wildman–Crippen MR) is 76.7 cm³/mol. The monoisotopic (exact) mass is 279 g/mol. The largest absolute Gasteiger partial charge is 0.409 e. The van der Waals surface area contributed by atoms with E-state index in [1.165, 1.54) is 5.75 Å². The molecule has 4 N–H and O–H groups in total. The number of hydrogen-bond donors (Lipinski definition) is 3. The molecule has 1 heterocycles. The molecule has 1 unspecified atom stereocenters. The molecule has 0 aliphatic carbocycles. The number of amidine groups is 1. The number of rotatable bonds is 4. The molecule has 1 aliphatic rings. The quantitative estimate of drug-likeness (QED) is 0.335. The molecular formula is C13H17N3O2S. The first-order chi connectivity index (χ1) is 9.20. The van der Waals surface area contributed by atoms with Crippen LogP contribution in [0.3, 0.4) is 0 Å². The van der Waals surface area contributed by atoms with Crippen LogP contribution in [0.1, 0.15) is 22.3 Å². The zero-order valence-electron chi connectivity index (χ0n) is 10.5. The van der Waals surface area contributed by atoms with E-state index in [1.54, 1.807) is 24.3 Å². The van der Waals surface area contributed by atoms with Gasteiger partial charge in [-0.15, -0.1) is 0 Å². The summed E-state index contributed by atoms with van der Waals surface area (Å²) in [4.78, 5) is 12.0. The van der Waals surface area contributed by atoms with E-state index >= 15 is 0 Å². The fourth-order valence-corrected chi connectivity index (χ4v) is 3.25. The summed E-state index contributed by atoms with van der Waals surface area (Å²) in [5.41, 5.74) is 6.56. The summed E-state index contributed by atoms with van der Waals surface area (Å²) in [5, 5.41) is 14.5. The lowest BCUT2D eigenvalue weighted by molar-refractivity contribution is 0.0948. The van der Waals surface area contributed by atoms with Gasteiger partial charge < -0.3 is 16.3 Å². The minimum Gasteiger partial charge on any atom is -0.409 e. The molecule has 0 aromatic heterocycles. The van der Waals surface area contributed by atoms with Gasteiger partial charge in [-0.05, 0) is 36.0 Å². The van der Waals surface area contributed by atoms with Gasteiger partial charge in [0, 0.05) is 17.7 Å². The summed E-state index contributed by atoms with van der Waals surface area (Å²) in [7, 11) is 0. The molecule has 1 saturated heterocycles. The second kappa shape index (κ2) is 6.47. The minimum absolute atomic E-state index is 0.00171. The van der Waals surface area contributed by atoms with Crippen LogP contribution in [0.5, 0.6) is 0 Å². The van der Waals surface area contributed by atoms with Gasteiger partial charge in [-0.25, -0.2) is 0 Å². The van der Waals surface area contributed by atoms with E-state index in [1.807, 2.05) is 11.8 Å². The van der Waals surface area contributed by atoms with Crippen molar-refractivity contribution >= 4 is 23.5 Å². The van der Waals surface area contributed by atoms with Gasteiger partial charge in [0.25, 0.3) is 5.91 Å². The van der Waals surface area contributed by atoms with Crippen LogP contribution in [-0.2, 0) is 0 Å². The van der Waals surface area contributed by atoms with Crippen LogP contribution in [0.2, 0.25) is 0 Å². The molecule has 102 valence electrons. The van der Waals surface area contributed by atoms with E-state index in [0.717, 1.165) is 12.2 Å². The number of amides is 1. The average Bonchev–Trinajstić information content (AvgIpc) is 2.97. The van der Waals surface area contributed by atoms with Gasteiger partial charge in [0.05, 0.1) is 0 Å². The summed E-state index contributed by atoms with van der Waals surface area (Å²) in [6.07, 6.45) is 1.16. The molecule has 0 spiro atoms. The molecule has 1 aromatic rings.